The van der Waals surface area contributed by atoms with Crippen molar-refractivity contribution in [1.29, 1.82) is 0 Å². The van der Waals surface area contributed by atoms with Crippen LogP contribution in [0.3, 0.4) is 0 Å². The third-order valence-electron chi connectivity index (χ3n) is 3.03. The minimum Gasteiger partial charge on any atom is -1.00 e. The van der Waals surface area contributed by atoms with Crippen molar-refractivity contribution in [3.63, 3.8) is 0 Å². The van der Waals surface area contributed by atoms with E-state index in [4.69, 9.17) is 0 Å². The van der Waals surface area contributed by atoms with E-state index in [0.717, 1.165) is 30.8 Å². The first-order valence-corrected chi connectivity index (χ1v) is 6.90. The van der Waals surface area contributed by atoms with Gasteiger partial charge >= 0.3 is 0 Å². The largest absolute Gasteiger partial charge is 1.00 e. The van der Waals surface area contributed by atoms with Crippen LogP contribution >= 0.6 is 0 Å². The normalized spacial score (nSPS) is 9.76. The molecule has 0 saturated heterocycles. The molecule has 0 aromatic carbocycles. The molecule has 0 saturated carbocycles. The maximum atomic E-state index is 11.8. The van der Waals surface area contributed by atoms with Gasteiger partial charge in [0.05, 0.1) is 0 Å². The molecule has 21 heavy (non-hydrogen) atoms. The van der Waals surface area contributed by atoms with Gasteiger partial charge in [-0.15, -0.1) is 0 Å². The molecule has 2 rings (SSSR count). The van der Waals surface area contributed by atoms with Crippen LogP contribution in [0, 0.1) is 6.92 Å². The van der Waals surface area contributed by atoms with Gasteiger partial charge in [-0.2, -0.15) is 0 Å². The van der Waals surface area contributed by atoms with Gasteiger partial charge in [-0.1, -0.05) is 6.07 Å². The predicted molar refractivity (Wildman–Crippen MR) is 78.1 cm³/mol. The van der Waals surface area contributed by atoms with Gasteiger partial charge in [0.1, 0.15) is 6.54 Å². The van der Waals surface area contributed by atoms with E-state index in [1.165, 1.54) is 0 Å². The molecule has 0 aliphatic heterocycles. The van der Waals surface area contributed by atoms with Crippen LogP contribution in [0.4, 0.5) is 5.69 Å². The first kappa shape index (κ1) is 17.3. The van der Waals surface area contributed by atoms with E-state index in [1.807, 2.05) is 49.6 Å². The lowest BCUT2D eigenvalue weighted by Crippen LogP contribution is -3.00. The zero-order valence-electron chi connectivity index (χ0n) is 12.1. The van der Waals surface area contributed by atoms with Crippen molar-refractivity contribution < 1.29 is 26.3 Å². The standard InChI is InChI=1S/C16H19N3O.BrH/c1-14-13-15(8-9-17-14)18-16(20)7-3-6-12-19-10-4-2-5-11-19;/h2,4-5,8-11,13H,3,6-7,12H2,1H3;1H. The molecule has 0 fully saturated rings. The van der Waals surface area contributed by atoms with Crippen LogP contribution in [0.25, 0.3) is 0 Å². The van der Waals surface area contributed by atoms with Gasteiger partial charge in [-0.25, -0.2) is 4.57 Å². The predicted octanol–water partition coefficient (Wildman–Crippen LogP) is -0.509. The van der Waals surface area contributed by atoms with Gasteiger partial charge in [0.25, 0.3) is 0 Å². The highest BCUT2D eigenvalue weighted by Gasteiger charge is 2.04. The van der Waals surface area contributed by atoms with Crippen molar-refractivity contribution in [1.82, 2.24) is 4.98 Å². The van der Waals surface area contributed by atoms with Gasteiger partial charge in [0.15, 0.2) is 12.4 Å². The van der Waals surface area contributed by atoms with Crippen LogP contribution in [0.1, 0.15) is 25.0 Å². The number of hydrogen-bond donors (Lipinski definition) is 1. The minimum absolute atomic E-state index is 0. The molecule has 0 radical (unpaired) electrons. The summed E-state index contributed by atoms with van der Waals surface area (Å²) in [6, 6.07) is 9.71. The molecule has 2 heterocycles. The Labute approximate surface area is 136 Å². The minimum atomic E-state index is 0. The van der Waals surface area contributed by atoms with Crippen LogP contribution in [-0.4, -0.2) is 10.9 Å². The molecule has 4 nitrogen and oxygen atoms in total. The van der Waals surface area contributed by atoms with Gasteiger partial charge in [-0.3, -0.25) is 9.78 Å². The van der Waals surface area contributed by atoms with E-state index >= 15 is 0 Å². The molecule has 112 valence electrons. The Morgan fingerprint density at radius 2 is 2.00 bits per heavy atom. The summed E-state index contributed by atoms with van der Waals surface area (Å²) < 4.78 is 2.13. The molecule has 0 aliphatic carbocycles. The van der Waals surface area contributed by atoms with E-state index in [1.54, 1.807) is 6.20 Å². The van der Waals surface area contributed by atoms with Crippen molar-refractivity contribution in [2.75, 3.05) is 5.32 Å². The Morgan fingerprint density at radius 1 is 1.24 bits per heavy atom. The lowest BCUT2D eigenvalue weighted by molar-refractivity contribution is -0.697. The summed E-state index contributed by atoms with van der Waals surface area (Å²) in [6.07, 6.45) is 8.22. The Kier molecular flexibility index (Phi) is 7.61. The number of carbonyl (C=O) groups excluding carboxylic acids is 1. The highest BCUT2D eigenvalue weighted by atomic mass is 79.9. The zero-order chi connectivity index (χ0) is 14.2. The number of halogens is 1. The summed E-state index contributed by atoms with van der Waals surface area (Å²) in [4.78, 5) is 15.9. The summed E-state index contributed by atoms with van der Waals surface area (Å²) >= 11 is 0. The first-order chi connectivity index (χ1) is 9.74. The molecule has 0 unspecified atom stereocenters. The highest BCUT2D eigenvalue weighted by Crippen LogP contribution is 2.08. The van der Waals surface area contributed by atoms with E-state index in [9.17, 15) is 4.79 Å². The van der Waals surface area contributed by atoms with Gasteiger partial charge in [-0.05, 0) is 25.5 Å². The van der Waals surface area contributed by atoms with Crippen molar-refractivity contribution >= 4 is 11.6 Å². The maximum Gasteiger partial charge on any atom is 0.224 e. The smallest absolute Gasteiger partial charge is 0.224 e. The molecular formula is C16H20BrN3O. The van der Waals surface area contributed by atoms with Crippen LogP contribution in [0.5, 0.6) is 0 Å². The van der Waals surface area contributed by atoms with E-state index in [0.29, 0.717) is 6.42 Å². The number of nitrogens with zero attached hydrogens (tertiary/aromatic N) is 2. The monoisotopic (exact) mass is 349 g/mol. The SMILES string of the molecule is Cc1cc(NC(=O)CCCC[n+]2ccccc2)ccn1.[Br-]. The van der Waals surface area contributed by atoms with Crippen molar-refractivity contribution in [3.8, 4) is 0 Å². The number of amides is 1. The highest BCUT2D eigenvalue weighted by molar-refractivity contribution is 5.90. The molecule has 1 N–H and O–H groups in total. The zero-order valence-corrected chi connectivity index (χ0v) is 13.7. The molecule has 2 aromatic rings. The summed E-state index contributed by atoms with van der Waals surface area (Å²) in [5.74, 6) is 0.0636. The lowest BCUT2D eigenvalue weighted by atomic mass is 10.2. The van der Waals surface area contributed by atoms with E-state index in [2.05, 4.69) is 14.9 Å². The third kappa shape index (κ3) is 6.49. The molecule has 1 amide bonds. The molecule has 0 atom stereocenters. The second-order valence-electron chi connectivity index (χ2n) is 4.80. The second kappa shape index (κ2) is 9.23. The number of carbonyl (C=O) groups is 1. The van der Waals surface area contributed by atoms with Crippen molar-refractivity contribution in [3.05, 3.63) is 54.6 Å². The lowest BCUT2D eigenvalue weighted by Gasteiger charge is -2.05. The van der Waals surface area contributed by atoms with Crippen LogP contribution in [-0.2, 0) is 11.3 Å². The molecule has 2 aromatic heterocycles. The number of unbranched alkanes of at least 4 members (excludes halogenated alkanes) is 1. The van der Waals surface area contributed by atoms with E-state index in [-0.39, 0.29) is 22.9 Å². The van der Waals surface area contributed by atoms with Crippen LogP contribution in [0.15, 0.2) is 48.9 Å². The third-order valence-corrected chi connectivity index (χ3v) is 3.03. The molecule has 0 aliphatic rings. The number of hydrogen-bond acceptors (Lipinski definition) is 2. The first-order valence-electron chi connectivity index (χ1n) is 6.90. The second-order valence-corrected chi connectivity index (χ2v) is 4.80. The van der Waals surface area contributed by atoms with E-state index < -0.39 is 0 Å². The summed E-state index contributed by atoms with van der Waals surface area (Å²) in [6.45, 7) is 2.86. The number of aromatic nitrogens is 2. The summed E-state index contributed by atoms with van der Waals surface area (Å²) in [7, 11) is 0. The van der Waals surface area contributed by atoms with Crippen LogP contribution in [0.2, 0.25) is 0 Å². The fourth-order valence-electron chi connectivity index (χ4n) is 2.01. The topological polar surface area (TPSA) is 45.9 Å². The Hall–Kier alpha value is -1.75. The van der Waals surface area contributed by atoms with Gasteiger partial charge in [0, 0.05) is 42.6 Å². The average Bonchev–Trinajstić information content (AvgIpc) is 2.45. The number of nitrogens with one attached hydrogen (secondary N) is 1. The molecular weight excluding hydrogens is 330 g/mol. The van der Waals surface area contributed by atoms with Crippen molar-refractivity contribution in [2.24, 2.45) is 0 Å². The maximum absolute atomic E-state index is 11.8. The summed E-state index contributed by atoms with van der Waals surface area (Å²) in [5, 5.41) is 2.90. The number of pyridine rings is 2. The molecule has 0 bridgehead atoms. The average molecular weight is 350 g/mol. The summed E-state index contributed by atoms with van der Waals surface area (Å²) in [5.41, 5.74) is 1.73. The van der Waals surface area contributed by atoms with Gasteiger partial charge in [0.2, 0.25) is 5.91 Å². The van der Waals surface area contributed by atoms with Gasteiger partial charge < -0.3 is 22.3 Å². The fourth-order valence-corrected chi connectivity index (χ4v) is 2.01. The number of rotatable bonds is 6. The Bertz CT molecular complexity index is 560. The quantitative estimate of drug-likeness (QED) is 0.564. The van der Waals surface area contributed by atoms with Crippen LogP contribution < -0.4 is 26.9 Å². The molecule has 0 spiro atoms. The molecule has 5 heteroatoms. The Balaban J connectivity index is 0.00000220. The Morgan fingerprint density at radius 3 is 2.71 bits per heavy atom. The number of anilines is 1. The van der Waals surface area contributed by atoms with Crippen molar-refractivity contribution in [2.45, 2.75) is 32.7 Å². The fraction of sp³-hybridized carbons (Fsp3) is 0.312. The number of aryl methyl sites for hydroxylation is 2.